The number of carbonyl (C=O) groups excluding carboxylic acids is 1. The zero-order chi connectivity index (χ0) is 15.0. The van der Waals surface area contributed by atoms with E-state index < -0.39 is 10.0 Å². The Bertz CT molecular complexity index is 543. The van der Waals surface area contributed by atoms with Gasteiger partial charge in [-0.15, -0.1) is 0 Å². The van der Waals surface area contributed by atoms with Crippen LogP contribution in [0, 0.1) is 0 Å². The normalized spacial score (nSPS) is 11.1. The molecule has 0 aliphatic rings. The molecule has 0 spiro atoms. The molecule has 0 radical (unpaired) electrons. The molecule has 0 fully saturated rings. The second kappa shape index (κ2) is 7.86. The maximum Gasteiger partial charge on any atom is 0.251 e. The molecule has 0 unspecified atom stereocenters. The van der Waals surface area contributed by atoms with Crippen molar-refractivity contribution < 1.29 is 17.9 Å². The van der Waals surface area contributed by atoms with E-state index in [1.54, 1.807) is 18.2 Å². The molecule has 0 saturated heterocycles. The van der Waals surface area contributed by atoms with Crippen molar-refractivity contribution in [1.82, 2.24) is 5.32 Å². The highest BCUT2D eigenvalue weighted by Gasteiger charge is 2.07. The van der Waals surface area contributed by atoms with Crippen LogP contribution >= 0.6 is 0 Å². The molecule has 0 bridgehead atoms. The number of sulfonamides is 1. The Kier molecular flexibility index (Phi) is 6.47. The monoisotopic (exact) mass is 300 g/mol. The van der Waals surface area contributed by atoms with Crippen LogP contribution in [0.4, 0.5) is 5.69 Å². The SMILES string of the molecule is CCOCCCNC(=O)c1cccc(NS(C)(=O)=O)c1. The smallest absolute Gasteiger partial charge is 0.251 e. The third-order valence-corrected chi connectivity index (χ3v) is 2.99. The summed E-state index contributed by atoms with van der Waals surface area (Å²) in [4.78, 5) is 11.9. The summed E-state index contributed by atoms with van der Waals surface area (Å²) in [6.45, 7) is 3.70. The maximum atomic E-state index is 11.9. The molecule has 6 nitrogen and oxygen atoms in total. The summed E-state index contributed by atoms with van der Waals surface area (Å²) in [6.07, 6.45) is 1.80. The van der Waals surface area contributed by atoms with E-state index in [1.165, 1.54) is 6.07 Å². The lowest BCUT2D eigenvalue weighted by Crippen LogP contribution is -2.25. The van der Waals surface area contributed by atoms with Gasteiger partial charge in [0.15, 0.2) is 0 Å². The van der Waals surface area contributed by atoms with Gasteiger partial charge in [0.1, 0.15) is 0 Å². The Hall–Kier alpha value is -1.60. The van der Waals surface area contributed by atoms with Crippen molar-refractivity contribution in [2.75, 3.05) is 30.7 Å². The molecule has 0 aliphatic carbocycles. The van der Waals surface area contributed by atoms with Gasteiger partial charge in [0.25, 0.3) is 5.91 Å². The Balaban J connectivity index is 2.54. The van der Waals surface area contributed by atoms with E-state index in [1.807, 2.05) is 6.92 Å². The number of nitrogens with one attached hydrogen (secondary N) is 2. The number of amides is 1. The van der Waals surface area contributed by atoms with Gasteiger partial charge in [-0.25, -0.2) is 8.42 Å². The summed E-state index contributed by atoms with van der Waals surface area (Å²) in [5, 5.41) is 2.75. The predicted octanol–water partition coefficient (Wildman–Crippen LogP) is 1.21. The lowest BCUT2D eigenvalue weighted by Gasteiger charge is -2.08. The molecule has 20 heavy (non-hydrogen) atoms. The topological polar surface area (TPSA) is 84.5 Å². The van der Waals surface area contributed by atoms with Crippen molar-refractivity contribution in [1.29, 1.82) is 0 Å². The predicted molar refractivity (Wildman–Crippen MR) is 78.4 cm³/mol. The summed E-state index contributed by atoms with van der Waals surface area (Å²) in [6, 6.07) is 6.35. The average molecular weight is 300 g/mol. The van der Waals surface area contributed by atoms with Crippen molar-refractivity contribution in [3.05, 3.63) is 29.8 Å². The lowest BCUT2D eigenvalue weighted by atomic mass is 10.2. The molecule has 0 aliphatic heterocycles. The van der Waals surface area contributed by atoms with Crippen LogP contribution in [0.1, 0.15) is 23.7 Å². The molecule has 7 heteroatoms. The van der Waals surface area contributed by atoms with Crippen LogP contribution in [0.5, 0.6) is 0 Å². The van der Waals surface area contributed by atoms with Crippen molar-refractivity contribution >= 4 is 21.6 Å². The average Bonchev–Trinajstić information content (AvgIpc) is 2.36. The molecule has 0 saturated carbocycles. The van der Waals surface area contributed by atoms with E-state index in [9.17, 15) is 13.2 Å². The molecule has 1 rings (SSSR count). The van der Waals surface area contributed by atoms with Gasteiger partial charge in [-0.05, 0) is 31.5 Å². The number of ether oxygens (including phenoxy) is 1. The van der Waals surface area contributed by atoms with E-state index in [2.05, 4.69) is 10.0 Å². The van der Waals surface area contributed by atoms with Gasteiger partial charge in [0.2, 0.25) is 10.0 Å². The van der Waals surface area contributed by atoms with Crippen LogP contribution < -0.4 is 10.0 Å². The number of carbonyl (C=O) groups is 1. The summed E-state index contributed by atoms with van der Waals surface area (Å²) in [7, 11) is -3.35. The second-order valence-corrected chi connectivity index (χ2v) is 6.01. The van der Waals surface area contributed by atoms with Gasteiger partial charge in [0, 0.05) is 31.0 Å². The third kappa shape index (κ3) is 6.53. The van der Waals surface area contributed by atoms with Gasteiger partial charge >= 0.3 is 0 Å². The lowest BCUT2D eigenvalue weighted by molar-refractivity contribution is 0.0944. The van der Waals surface area contributed by atoms with E-state index in [0.717, 1.165) is 12.7 Å². The highest BCUT2D eigenvalue weighted by Crippen LogP contribution is 2.11. The molecular formula is C13H20N2O4S. The van der Waals surface area contributed by atoms with Crippen LogP contribution in [0.2, 0.25) is 0 Å². The van der Waals surface area contributed by atoms with Crippen LogP contribution in [0.25, 0.3) is 0 Å². The molecule has 112 valence electrons. The van der Waals surface area contributed by atoms with Crippen molar-refractivity contribution in [3.63, 3.8) is 0 Å². The molecule has 0 atom stereocenters. The van der Waals surface area contributed by atoms with E-state index in [4.69, 9.17) is 4.74 Å². The van der Waals surface area contributed by atoms with Crippen molar-refractivity contribution in [2.24, 2.45) is 0 Å². The van der Waals surface area contributed by atoms with E-state index in [-0.39, 0.29) is 5.91 Å². The fourth-order valence-corrected chi connectivity index (χ4v) is 2.12. The highest BCUT2D eigenvalue weighted by molar-refractivity contribution is 7.92. The number of anilines is 1. The van der Waals surface area contributed by atoms with Crippen LogP contribution in [0.15, 0.2) is 24.3 Å². The molecule has 1 amide bonds. The van der Waals surface area contributed by atoms with Gasteiger partial charge in [0.05, 0.1) is 6.26 Å². The Morgan fingerprint density at radius 3 is 2.75 bits per heavy atom. The van der Waals surface area contributed by atoms with Gasteiger partial charge in [-0.1, -0.05) is 6.07 Å². The van der Waals surface area contributed by atoms with Crippen molar-refractivity contribution in [3.8, 4) is 0 Å². The standard InChI is InChI=1S/C13H20N2O4S/c1-3-19-9-5-8-14-13(16)11-6-4-7-12(10-11)15-20(2,17)18/h4,6-7,10,15H,3,5,8-9H2,1-2H3,(H,14,16). The minimum absolute atomic E-state index is 0.237. The Morgan fingerprint density at radius 1 is 1.35 bits per heavy atom. The quantitative estimate of drug-likeness (QED) is 0.707. The summed E-state index contributed by atoms with van der Waals surface area (Å²) >= 11 is 0. The van der Waals surface area contributed by atoms with Gasteiger partial charge < -0.3 is 10.1 Å². The first-order chi connectivity index (χ1) is 9.42. The molecular weight excluding hydrogens is 280 g/mol. The Morgan fingerprint density at radius 2 is 2.10 bits per heavy atom. The molecule has 2 N–H and O–H groups in total. The number of hydrogen-bond donors (Lipinski definition) is 2. The van der Waals surface area contributed by atoms with Crippen LogP contribution in [-0.4, -0.2) is 40.3 Å². The van der Waals surface area contributed by atoms with Gasteiger partial charge in [-0.2, -0.15) is 0 Å². The van der Waals surface area contributed by atoms with E-state index >= 15 is 0 Å². The summed E-state index contributed by atoms with van der Waals surface area (Å²) < 4.78 is 29.8. The van der Waals surface area contributed by atoms with Crippen LogP contribution in [-0.2, 0) is 14.8 Å². The first-order valence-corrected chi connectivity index (χ1v) is 8.25. The molecule has 0 aromatic heterocycles. The summed E-state index contributed by atoms with van der Waals surface area (Å²) in [5.74, 6) is -0.237. The fourth-order valence-electron chi connectivity index (χ4n) is 1.56. The first kappa shape index (κ1) is 16.5. The highest BCUT2D eigenvalue weighted by atomic mass is 32.2. The number of rotatable bonds is 8. The largest absolute Gasteiger partial charge is 0.382 e. The maximum absolute atomic E-state index is 11.9. The van der Waals surface area contributed by atoms with Crippen molar-refractivity contribution in [2.45, 2.75) is 13.3 Å². The second-order valence-electron chi connectivity index (χ2n) is 4.26. The zero-order valence-corrected chi connectivity index (χ0v) is 12.5. The number of hydrogen-bond acceptors (Lipinski definition) is 4. The zero-order valence-electron chi connectivity index (χ0n) is 11.7. The first-order valence-electron chi connectivity index (χ1n) is 6.36. The fraction of sp³-hybridized carbons (Fsp3) is 0.462. The molecule has 1 aromatic rings. The molecule has 1 aromatic carbocycles. The number of benzene rings is 1. The molecule has 0 heterocycles. The minimum atomic E-state index is -3.35. The Labute approximate surface area is 119 Å². The van der Waals surface area contributed by atoms with Crippen LogP contribution in [0.3, 0.4) is 0 Å². The van der Waals surface area contributed by atoms with Gasteiger partial charge in [-0.3, -0.25) is 9.52 Å². The van der Waals surface area contributed by atoms with E-state index in [0.29, 0.717) is 31.0 Å². The third-order valence-electron chi connectivity index (χ3n) is 2.38. The summed E-state index contributed by atoms with van der Waals surface area (Å²) in [5.41, 5.74) is 0.782. The minimum Gasteiger partial charge on any atom is -0.382 e.